The number of aromatic hydroxyl groups is 2. The number of carbonyl (C=O) groups excluding carboxylic acids is 1. The Morgan fingerprint density at radius 1 is 0.972 bits per heavy atom. The molecule has 0 aliphatic carbocycles. The molecule has 1 heterocycles. The average Bonchev–Trinajstić information content (AvgIpc) is 2.87. The summed E-state index contributed by atoms with van der Waals surface area (Å²) in [5.74, 6) is -1.23. The molecule has 0 bridgehead atoms. The van der Waals surface area contributed by atoms with Crippen LogP contribution < -0.4 is 16.3 Å². The van der Waals surface area contributed by atoms with Crippen molar-refractivity contribution in [3.8, 4) is 11.5 Å². The first-order chi connectivity index (χ1) is 17.4. The van der Waals surface area contributed by atoms with Crippen LogP contribution in [0.25, 0.3) is 10.9 Å². The van der Waals surface area contributed by atoms with Crippen molar-refractivity contribution in [1.82, 2.24) is 9.99 Å². The molecule has 36 heavy (non-hydrogen) atoms. The average molecular weight is 487 g/mol. The second-order valence-electron chi connectivity index (χ2n) is 7.76. The zero-order valence-corrected chi connectivity index (χ0v) is 19.1. The number of anilines is 1. The van der Waals surface area contributed by atoms with Crippen LogP contribution in [0.3, 0.4) is 0 Å². The molecular formula is C26H22FN5O4. The lowest BCUT2D eigenvalue weighted by atomic mass is 10.1. The lowest BCUT2D eigenvalue weighted by Gasteiger charge is -2.13. The summed E-state index contributed by atoms with van der Waals surface area (Å²) in [7, 11) is 0. The summed E-state index contributed by atoms with van der Waals surface area (Å²) in [5.41, 5.74) is 5.91. The summed E-state index contributed by atoms with van der Waals surface area (Å²) < 4.78 is 16.5. The highest BCUT2D eigenvalue weighted by atomic mass is 19.1. The van der Waals surface area contributed by atoms with Gasteiger partial charge in [-0.2, -0.15) is 10.2 Å². The number of aryl methyl sites for hydroxylation is 1. The monoisotopic (exact) mass is 487 g/mol. The maximum atomic E-state index is 14.8. The first kappa shape index (κ1) is 24.1. The Hall–Kier alpha value is -4.99. The molecule has 0 radical (unpaired) electrons. The molecule has 9 nitrogen and oxygen atoms in total. The summed E-state index contributed by atoms with van der Waals surface area (Å²) in [6.45, 7) is 2.24. The minimum absolute atomic E-state index is 0.0394. The molecule has 10 heteroatoms. The number of fused-ring (bicyclic) bond motifs is 1. The Labute approximate surface area is 204 Å². The number of rotatable bonds is 7. The van der Waals surface area contributed by atoms with Gasteiger partial charge in [0.2, 0.25) is 5.43 Å². The van der Waals surface area contributed by atoms with E-state index in [1.807, 2.05) is 6.92 Å². The number of hydrogen-bond donors (Lipinski definition) is 4. The number of hydrogen-bond acceptors (Lipinski definition) is 7. The van der Waals surface area contributed by atoms with E-state index in [0.29, 0.717) is 23.2 Å². The highest BCUT2D eigenvalue weighted by molar-refractivity contribution is 5.98. The van der Waals surface area contributed by atoms with Gasteiger partial charge in [0, 0.05) is 18.1 Å². The Bertz CT molecular complexity index is 1530. The second kappa shape index (κ2) is 10.5. The van der Waals surface area contributed by atoms with Crippen molar-refractivity contribution in [2.45, 2.75) is 13.5 Å². The molecule has 0 unspecified atom stereocenters. The number of pyridine rings is 1. The van der Waals surface area contributed by atoms with E-state index in [2.05, 4.69) is 21.1 Å². The van der Waals surface area contributed by atoms with E-state index < -0.39 is 17.2 Å². The van der Waals surface area contributed by atoms with E-state index in [1.54, 1.807) is 28.8 Å². The summed E-state index contributed by atoms with van der Waals surface area (Å²) in [5, 5.41) is 26.6. The van der Waals surface area contributed by atoms with Gasteiger partial charge in [-0.25, -0.2) is 9.82 Å². The van der Waals surface area contributed by atoms with Gasteiger partial charge in [0.05, 0.1) is 23.6 Å². The standard InChI is InChI=1S/C26H22FN5O4/c1-2-32-15-21(26(36)31-29-14-17-5-9-19(34)10-6-17)25(35)20-11-22(27)23(12-24(20)32)30-28-13-16-3-7-18(33)8-4-16/h3-15,30,33-34H,2H2,1H3,(H,31,36). The van der Waals surface area contributed by atoms with Gasteiger partial charge in [0.25, 0.3) is 5.91 Å². The van der Waals surface area contributed by atoms with Crippen molar-refractivity contribution in [2.75, 3.05) is 5.43 Å². The molecule has 3 aromatic carbocycles. The number of halogens is 1. The number of phenols is 2. The third-order valence-corrected chi connectivity index (χ3v) is 5.32. The summed E-state index contributed by atoms with van der Waals surface area (Å²) in [6, 6.07) is 15.0. The van der Waals surface area contributed by atoms with Gasteiger partial charge in [-0.1, -0.05) is 0 Å². The normalized spacial score (nSPS) is 11.4. The van der Waals surface area contributed by atoms with Gasteiger partial charge in [-0.05, 0) is 78.7 Å². The van der Waals surface area contributed by atoms with E-state index in [0.717, 1.165) is 6.07 Å². The fourth-order valence-corrected chi connectivity index (χ4v) is 3.44. The molecule has 4 N–H and O–H groups in total. The number of nitrogens with zero attached hydrogens (tertiary/aromatic N) is 3. The number of nitrogens with one attached hydrogen (secondary N) is 2. The third-order valence-electron chi connectivity index (χ3n) is 5.32. The van der Waals surface area contributed by atoms with Gasteiger partial charge < -0.3 is 14.8 Å². The van der Waals surface area contributed by atoms with Crippen LogP contribution in [0, 0.1) is 5.82 Å². The van der Waals surface area contributed by atoms with E-state index in [4.69, 9.17) is 0 Å². The number of benzene rings is 3. The molecule has 0 saturated heterocycles. The molecule has 0 aliphatic rings. The minimum Gasteiger partial charge on any atom is -0.508 e. The van der Waals surface area contributed by atoms with E-state index in [-0.39, 0.29) is 28.1 Å². The Kier molecular flexibility index (Phi) is 7.05. The highest BCUT2D eigenvalue weighted by Crippen LogP contribution is 2.22. The van der Waals surface area contributed by atoms with Gasteiger partial charge in [0.1, 0.15) is 22.9 Å². The molecule has 0 atom stereocenters. The number of carbonyl (C=O) groups is 1. The highest BCUT2D eigenvalue weighted by Gasteiger charge is 2.17. The Morgan fingerprint density at radius 3 is 2.14 bits per heavy atom. The lowest BCUT2D eigenvalue weighted by Crippen LogP contribution is -2.27. The first-order valence-electron chi connectivity index (χ1n) is 10.9. The third kappa shape index (κ3) is 5.39. The molecule has 4 aromatic rings. The van der Waals surface area contributed by atoms with E-state index in [9.17, 15) is 24.2 Å². The quantitative estimate of drug-likeness (QED) is 0.233. The number of amides is 1. The van der Waals surface area contributed by atoms with Crippen molar-refractivity contribution >= 4 is 34.9 Å². The van der Waals surface area contributed by atoms with Crippen LogP contribution in [0.5, 0.6) is 11.5 Å². The van der Waals surface area contributed by atoms with Crippen LogP contribution >= 0.6 is 0 Å². The van der Waals surface area contributed by atoms with Gasteiger partial charge in [0.15, 0.2) is 0 Å². The lowest BCUT2D eigenvalue weighted by molar-refractivity contribution is 0.0953. The van der Waals surface area contributed by atoms with Crippen molar-refractivity contribution < 1.29 is 19.4 Å². The van der Waals surface area contributed by atoms with Gasteiger partial charge >= 0.3 is 0 Å². The minimum atomic E-state index is -0.736. The van der Waals surface area contributed by atoms with Crippen molar-refractivity contribution in [3.63, 3.8) is 0 Å². The molecule has 0 aliphatic heterocycles. The maximum Gasteiger partial charge on any atom is 0.276 e. The van der Waals surface area contributed by atoms with Crippen molar-refractivity contribution in [1.29, 1.82) is 0 Å². The largest absolute Gasteiger partial charge is 0.508 e. The van der Waals surface area contributed by atoms with Crippen LogP contribution in [0.1, 0.15) is 28.4 Å². The number of phenolic OH excluding ortho intramolecular Hbond substituents is 2. The first-order valence-corrected chi connectivity index (χ1v) is 10.9. The summed E-state index contributed by atoms with van der Waals surface area (Å²) in [4.78, 5) is 25.7. The van der Waals surface area contributed by atoms with Crippen LogP contribution in [0.15, 0.2) is 81.9 Å². The second-order valence-corrected chi connectivity index (χ2v) is 7.76. The molecule has 0 fully saturated rings. The van der Waals surface area contributed by atoms with Gasteiger partial charge in [-0.3, -0.25) is 15.0 Å². The predicted octanol–water partition coefficient (Wildman–Crippen LogP) is 3.78. The zero-order valence-electron chi connectivity index (χ0n) is 19.1. The van der Waals surface area contributed by atoms with Crippen LogP contribution in [0.2, 0.25) is 0 Å². The topological polar surface area (TPSA) is 128 Å². The maximum absolute atomic E-state index is 14.8. The van der Waals surface area contributed by atoms with Crippen LogP contribution in [-0.2, 0) is 6.54 Å². The molecule has 1 amide bonds. The fourth-order valence-electron chi connectivity index (χ4n) is 3.44. The smallest absolute Gasteiger partial charge is 0.276 e. The summed E-state index contributed by atoms with van der Waals surface area (Å²) in [6.07, 6.45) is 4.23. The Morgan fingerprint density at radius 2 is 1.56 bits per heavy atom. The molecular weight excluding hydrogens is 465 g/mol. The van der Waals surface area contributed by atoms with Crippen LogP contribution in [0.4, 0.5) is 10.1 Å². The fraction of sp³-hybridized carbons (Fsp3) is 0.0769. The van der Waals surface area contributed by atoms with Crippen LogP contribution in [-0.4, -0.2) is 33.1 Å². The van der Waals surface area contributed by atoms with Crippen molar-refractivity contribution in [3.05, 3.63) is 99.6 Å². The Balaban J connectivity index is 1.59. The van der Waals surface area contributed by atoms with Gasteiger partial charge in [-0.15, -0.1) is 0 Å². The van der Waals surface area contributed by atoms with Crippen molar-refractivity contribution in [2.24, 2.45) is 10.2 Å². The molecule has 0 saturated carbocycles. The molecule has 0 spiro atoms. The van der Waals surface area contributed by atoms with E-state index >= 15 is 0 Å². The summed E-state index contributed by atoms with van der Waals surface area (Å²) >= 11 is 0. The molecule has 1 aromatic heterocycles. The predicted molar refractivity (Wildman–Crippen MR) is 136 cm³/mol. The SMILES string of the molecule is CCn1cc(C(=O)NN=Cc2ccc(O)cc2)c(=O)c2cc(F)c(NN=Cc3ccc(O)cc3)cc21. The zero-order chi connectivity index (χ0) is 25.7. The van der Waals surface area contributed by atoms with E-state index in [1.165, 1.54) is 49.0 Å². The molecule has 4 rings (SSSR count). The number of hydrazone groups is 2. The molecule has 182 valence electrons. The number of aromatic nitrogens is 1.